The van der Waals surface area contributed by atoms with Crippen LogP contribution in [0.15, 0.2) is 9.72 Å². The van der Waals surface area contributed by atoms with Gasteiger partial charge in [0.15, 0.2) is 0 Å². The average Bonchev–Trinajstić information content (AvgIpc) is 2.96. The Hall–Kier alpha value is -0.630. The number of hydrogen-bond donors (Lipinski definition) is 1. The van der Waals surface area contributed by atoms with E-state index in [1.807, 2.05) is 13.2 Å². The zero-order chi connectivity index (χ0) is 13.1. The molecule has 1 aromatic heterocycles. The van der Waals surface area contributed by atoms with Crippen molar-refractivity contribution in [2.45, 2.75) is 23.5 Å². The van der Waals surface area contributed by atoms with Gasteiger partial charge in [-0.15, -0.1) is 11.3 Å². The molecule has 1 fully saturated rings. The number of ether oxygens (including phenoxy) is 1. The molecule has 0 spiro atoms. The number of aromatic nitrogens is 1. The number of β-amino-alcohol motifs (C(OH)–C–C–N with tert-alkyl or cyclic N) is 1. The molecule has 0 aliphatic carbocycles. The number of amides is 1. The lowest BCUT2D eigenvalue weighted by molar-refractivity contribution is -0.00237. The number of aliphatic hydroxyl groups excluding tert-OH is 1. The van der Waals surface area contributed by atoms with Gasteiger partial charge in [0.1, 0.15) is 16.1 Å². The van der Waals surface area contributed by atoms with Crippen molar-refractivity contribution < 1.29 is 14.6 Å². The van der Waals surface area contributed by atoms with Gasteiger partial charge < -0.3 is 14.7 Å². The number of rotatable bonds is 4. The molecule has 0 aromatic carbocycles. The summed E-state index contributed by atoms with van der Waals surface area (Å²) in [5.41, 5.74) is 0.452. The third-order valence-electron chi connectivity index (χ3n) is 2.78. The van der Waals surface area contributed by atoms with Gasteiger partial charge in [0, 0.05) is 25.1 Å². The average molecular weight is 288 g/mol. The zero-order valence-electron chi connectivity index (χ0n) is 10.3. The van der Waals surface area contributed by atoms with E-state index in [0.29, 0.717) is 25.4 Å². The lowest BCUT2D eigenvalue weighted by Gasteiger charge is -2.14. The first-order valence-electron chi connectivity index (χ1n) is 5.74. The Morgan fingerprint density at radius 3 is 3.11 bits per heavy atom. The van der Waals surface area contributed by atoms with Crippen LogP contribution in [0, 0.1) is 0 Å². The topological polar surface area (TPSA) is 62.7 Å². The van der Waals surface area contributed by atoms with Gasteiger partial charge in [0.05, 0.1) is 6.10 Å². The van der Waals surface area contributed by atoms with E-state index in [1.165, 1.54) is 23.1 Å². The lowest BCUT2D eigenvalue weighted by atomic mass is 10.3. The van der Waals surface area contributed by atoms with E-state index in [4.69, 9.17) is 4.74 Å². The molecule has 2 rings (SSSR count). The molecule has 1 saturated heterocycles. The van der Waals surface area contributed by atoms with E-state index in [9.17, 15) is 9.90 Å². The number of hydrogen-bond acceptors (Lipinski definition) is 6. The summed E-state index contributed by atoms with van der Waals surface area (Å²) >= 11 is 2.98. The van der Waals surface area contributed by atoms with Crippen molar-refractivity contribution in [1.29, 1.82) is 0 Å². The first-order valence-corrected chi connectivity index (χ1v) is 7.84. The normalized spacial score (nSPS) is 23.6. The number of thioether (sulfide) groups is 1. The summed E-state index contributed by atoms with van der Waals surface area (Å²) in [5, 5.41) is 11.6. The molecule has 2 heterocycles. The van der Waals surface area contributed by atoms with E-state index in [1.54, 1.807) is 10.3 Å². The van der Waals surface area contributed by atoms with E-state index in [0.717, 1.165) is 4.34 Å². The molecule has 1 aliphatic heterocycles. The Morgan fingerprint density at radius 1 is 1.72 bits per heavy atom. The molecule has 7 heteroatoms. The summed E-state index contributed by atoms with van der Waals surface area (Å²) in [6.45, 7) is 3.16. The maximum absolute atomic E-state index is 12.2. The van der Waals surface area contributed by atoms with Crippen molar-refractivity contribution >= 4 is 29.0 Å². The van der Waals surface area contributed by atoms with Crippen LogP contribution in [-0.4, -0.2) is 59.1 Å². The van der Waals surface area contributed by atoms with E-state index < -0.39 is 6.10 Å². The highest BCUT2D eigenvalue weighted by Crippen LogP contribution is 2.22. The number of carbonyl (C=O) groups is 1. The Bertz CT molecular complexity index is 424. The summed E-state index contributed by atoms with van der Waals surface area (Å²) in [7, 11) is 0. The SMILES string of the molecule is CCOC1CN(C(=O)c2csc(SC)n2)CC1O. The second kappa shape index (κ2) is 6.01. The van der Waals surface area contributed by atoms with E-state index in [2.05, 4.69) is 4.98 Å². The van der Waals surface area contributed by atoms with E-state index in [-0.39, 0.29) is 12.0 Å². The van der Waals surface area contributed by atoms with Crippen LogP contribution >= 0.6 is 23.1 Å². The van der Waals surface area contributed by atoms with Crippen LogP contribution in [0.1, 0.15) is 17.4 Å². The maximum Gasteiger partial charge on any atom is 0.273 e. The molecule has 5 nitrogen and oxygen atoms in total. The zero-order valence-corrected chi connectivity index (χ0v) is 12.0. The minimum absolute atomic E-state index is 0.132. The van der Waals surface area contributed by atoms with Crippen molar-refractivity contribution in [3.63, 3.8) is 0 Å². The van der Waals surface area contributed by atoms with Crippen LogP contribution in [0.3, 0.4) is 0 Å². The van der Waals surface area contributed by atoms with Crippen molar-refractivity contribution in [1.82, 2.24) is 9.88 Å². The summed E-state index contributed by atoms with van der Waals surface area (Å²) < 4.78 is 6.27. The monoisotopic (exact) mass is 288 g/mol. The summed E-state index contributed by atoms with van der Waals surface area (Å²) in [5.74, 6) is -0.132. The number of carbonyl (C=O) groups excluding carboxylic acids is 1. The summed E-state index contributed by atoms with van der Waals surface area (Å²) in [6.07, 6.45) is 1.04. The molecule has 2 unspecified atom stereocenters. The fourth-order valence-electron chi connectivity index (χ4n) is 1.91. The van der Waals surface area contributed by atoms with Crippen molar-refractivity contribution in [3.8, 4) is 0 Å². The molecule has 1 aromatic rings. The molecule has 2 atom stereocenters. The first-order chi connectivity index (χ1) is 8.65. The number of likely N-dealkylation sites (tertiary alicyclic amines) is 1. The third-order valence-corrected chi connectivity index (χ3v) is 4.64. The fourth-order valence-corrected chi connectivity index (χ4v) is 3.15. The predicted octanol–water partition coefficient (Wildman–Crippen LogP) is 1.09. The molecule has 0 saturated carbocycles. The Kier molecular flexibility index (Phi) is 4.60. The second-order valence-corrected chi connectivity index (χ2v) is 5.89. The van der Waals surface area contributed by atoms with Gasteiger partial charge in [-0.3, -0.25) is 4.79 Å². The Morgan fingerprint density at radius 2 is 2.50 bits per heavy atom. The highest BCUT2D eigenvalue weighted by molar-refractivity contribution is 8.00. The second-order valence-electron chi connectivity index (χ2n) is 3.97. The molecule has 1 amide bonds. The number of nitrogens with zero attached hydrogens (tertiary/aromatic N) is 2. The van der Waals surface area contributed by atoms with Gasteiger partial charge >= 0.3 is 0 Å². The lowest BCUT2D eigenvalue weighted by Crippen LogP contribution is -2.30. The first kappa shape index (κ1) is 13.8. The van der Waals surface area contributed by atoms with Crippen LogP contribution in [-0.2, 0) is 4.74 Å². The molecule has 0 bridgehead atoms. The van der Waals surface area contributed by atoms with Crippen LogP contribution in [0.5, 0.6) is 0 Å². The van der Waals surface area contributed by atoms with Gasteiger partial charge in [-0.2, -0.15) is 0 Å². The highest BCUT2D eigenvalue weighted by atomic mass is 32.2. The highest BCUT2D eigenvalue weighted by Gasteiger charge is 2.35. The van der Waals surface area contributed by atoms with Gasteiger partial charge in [-0.05, 0) is 13.2 Å². The summed E-state index contributed by atoms with van der Waals surface area (Å²) in [4.78, 5) is 18.0. The maximum atomic E-state index is 12.2. The molecular formula is C11H16N2O3S2. The van der Waals surface area contributed by atoms with Gasteiger partial charge in [0.2, 0.25) is 0 Å². The van der Waals surface area contributed by atoms with Crippen molar-refractivity contribution in [3.05, 3.63) is 11.1 Å². The quantitative estimate of drug-likeness (QED) is 0.840. The Balaban J connectivity index is 2.02. The minimum atomic E-state index is -0.604. The molecular weight excluding hydrogens is 272 g/mol. The third kappa shape index (κ3) is 2.85. The molecule has 100 valence electrons. The number of aliphatic hydroxyl groups is 1. The minimum Gasteiger partial charge on any atom is -0.388 e. The van der Waals surface area contributed by atoms with Gasteiger partial charge in [0.25, 0.3) is 5.91 Å². The van der Waals surface area contributed by atoms with Crippen molar-refractivity contribution in [2.24, 2.45) is 0 Å². The molecule has 1 aliphatic rings. The van der Waals surface area contributed by atoms with Crippen LogP contribution < -0.4 is 0 Å². The van der Waals surface area contributed by atoms with Gasteiger partial charge in [-0.25, -0.2) is 4.98 Å². The van der Waals surface area contributed by atoms with Crippen LogP contribution in [0.2, 0.25) is 0 Å². The standard InChI is InChI=1S/C11H16N2O3S2/c1-3-16-9-5-13(4-8(9)14)10(15)7-6-18-11(12-7)17-2/h6,8-9,14H,3-5H2,1-2H3. The molecule has 18 heavy (non-hydrogen) atoms. The van der Waals surface area contributed by atoms with Crippen LogP contribution in [0.4, 0.5) is 0 Å². The predicted molar refractivity (Wildman–Crippen MR) is 71.2 cm³/mol. The van der Waals surface area contributed by atoms with Gasteiger partial charge in [-0.1, -0.05) is 11.8 Å². The number of thiazole rings is 1. The molecule has 0 radical (unpaired) electrons. The van der Waals surface area contributed by atoms with E-state index >= 15 is 0 Å². The summed E-state index contributed by atoms with van der Waals surface area (Å²) in [6, 6.07) is 0. The van der Waals surface area contributed by atoms with Crippen LogP contribution in [0.25, 0.3) is 0 Å². The molecule has 1 N–H and O–H groups in total. The van der Waals surface area contributed by atoms with Crippen molar-refractivity contribution in [2.75, 3.05) is 26.0 Å². The fraction of sp³-hybridized carbons (Fsp3) is 0.636. The smallest absolute Gasteiger partial charge is 0.273 e. The Labute approximate surface area is 114 Å². The largest absolute Gasteiger partial charge is 0.388 e.